The van der Waals surface area contributed by atoms with E-state index in [0.29, 0.717) is 25.5 Å². The predicted molar refractivity (Wildman–Crippen MR) is 65.6 cm³/mol. The zero-order valence-electron chi connectivity index (χ0n) is 10.5. The summed E-state index contributed by atoms with van der Waals surface area (Å²) < 4.78 is 10.9. The third-order valence-electron chi connectivity index (χ3n) is 2.62. The van der Waals surface area contributed by atoms with Gasteiger partial charge in [-0.15, -0.1) is 0 Å². The van der Waals surface area contributed by atoms with Gasteiger partial charge in [-0.1, -0.05) is 6.07 Å². The van der Waals surface area contributed by atoms with Crippen molar-refractivity contribution in [3.8, 4) is 11.5 Å². The summed E-state index contributed by atoms with van der Waals surface area (Å²) in [6.45, 7) is 4.34. The van der Waals surface area contributed by atoms with Crippen LogP contribution >= 0.6 is 0 Å². The van der Waals surface area contributed by atoms with E-state index in [9.17, 15) is 9.90 Å². The first kappa shape index (κ1) is 12.7. The molecule has 0 spiro atoms. The molecule has 0 aromatic heterocycles. The zero-order valence-corrected chi connectivity index (χ0v) is 10.5. The maximum atomic E-state index is 11.5. The molecule has 0 saturated heterocycles. The molecule has 0 saturated carbocycles. The first-order valence-corrected chi connectivity index (χ1v) is 5.86. The van der Waals surface area contributed by atoms with Crippen LogP contribution in [-0.4, -0.2) is 29.8 Å². The third-order valence-corrected chi connectivity index (χ3v) is 2.62. The predicted octanol–water partition coefficient (Wildman–Crippen LogP) is 0.845. The second kappa shape index (κ2) is 4.86. The van der Waals surface area contributed by atoms with Gasteiger partial charge in [0.05, 0.1) is 0 Å². The fourth-order valence-corrected chi connectivity index (χ4v) is 1.60. The van der Waals surface area contributed by atoms with E-state index >= 15 is 0 Å². The largest absolute Gasteiger partial charge is 0.486 e. The zero-order chi connectivity index (χ0) is 13.2. The minimum atomic E-state index is -1.37. The van der Waals surface area contributed by atoms with Gasteiger partial charge in [-0.05, 0) is 31.5 Å². The van der Waals surface area contributed by atoms with Gasteiger partial charge in [-0.25, -0.2) is 0 Å². The highest BCUT2D eigenvalue weighted by Crippen LogP contribution is 2.30. The average molecular weight is 251 g/mol. The molecule has 0 unspecified atom stereocenters. The lowest BCUT2D eigenvalue weighted by Crippen LogP contribution is -2.41. The van der Waals surface area contributed by atoms with Crippen molar-refractivity contribution >= 4 is 5.91 Å². The topological polar surface area (TPSA) is 67.8 Å². The number of nitrogens with one attached hydrogen (secondary N) is 1. The van der Waals surface area contributed by atoms with E-state index in [1.807, 2.05) is 18.2 Å². The molecule has 1 aliphatic heterocycles. The van der Waals surface area contributed by atoms with Crippen LogP contribution in [0.5, 0.6) is 11.5 Å². The highest BCUT2D eigenvalue weighted by molar-refractivity contribution is 5.83. The van der Waals surface area contributed by atoms with Crippen LogP contribution in [0.1, 0.15) is 19.4 Å². The van der Waals surface area contributed by atoms with Gasteiger partial charge >= 0.3 is 0 Å². The molecule has 0 radical (unpaired) electrons. The number of amides is 1. The fraction of sp³-hybridized carbons (Fsp3) is 0.462. The molecule has 1 aromatic rings. The van der Waals surface area contributed by atoms with Crippen LogP contribution in [0.15, 0.2) is 18.2 Å². The van der Waals surface area contributed by atoms with Crippen LogP contribution in [0.3, 0.4) is 0 Å². The Hall–Kier alpha value is -1.75. The van der Waals surface area contributed by atoms with Crippen molar-refractivity contribution in [3.05, 3.63) is 23.8 Å². The molecule has 0 bridgehead atoms. The quantitative estimate of drug-likeness (QED) is 0.835. The highest BCUT2D eigenvalue weighted by Gasteiger charge is 2.23. The van der Waals surface area contributed by atoms with Crippen molar-refractivity contribution in [2.24, 2.45) is 0 Å². The monoisotopic (exact) mass is 251 g/mol. The maximum absolute atomic E-state index is 11.5. The van der Waals surface area contributed by atoms with E-state index in [1.165, 1.54) is 13.8 Å². The standard InChI is InChI=1S/C13H17NO4/c1-13(2,16)12(15)14-8-9-3-4-10-11(7-9)18-6-5-17-10/h3-4,7,16H,5-6,8H2,1-2H3,(H,14,15). The summed E-state index contributed by atoms with van der Waals surface area (Å²) in [5.41, 5.74) is -0.467. The van der Waals surface area contributed by atoms with Gasteiger partial charge in [0.25, 0.3) is 5.91 Å². The van der Waals surface area contributed by atoms with Gasteiger partial charge in [-0.2, -0.15) is 0 Å². The molecular weight excluding hydrogens is 234 g/mol. The van der Waals surface area contributed by atoms with Gasteiger partial charge in [0.2, 0.25) is 0 Å². The summed E-state index contributed by atoms with van der Waals surface area (Å²) in [6.07, 6.45) is 0. The molecule has 0 fully saturated rings. The lowest BCUT2D eigenvalue weighted by molar-refractivity contribution is -0.136. The number of hydrogen-bond acceptors (Lipinski definition) is 4. The van der Waals surface area contributed by atoms with Crippen LogP contribution in [0.2, 0.25) is 0 Å². The number of fused-ring (bicyclic) bond motifs is 1. The second-order valence-electron chi connectivity index (χ2n) is 4.72. The van der Waals surface area contributed by atoms with Crippen molar-refractivity contribution < 1.29 is 19.4 Å². The molecule has 0 atom stereocenters. The Kier molecular flexibility index (Phi) is 3.43. The molecular formula is C13H17NO4. The number of carbonyl (C=O) groups excluding carboxylic acids is 1. The number of carbonyl (C=O) groups is 1. The summed E-state index contributed by atoms with van der Waals surface area (Å²) in [5.74, 6) is 1.01. The summed E-state index contributed by atoms with van der Waals surface area (Å²) in [4.78, 5) is 11.5. The van der Waals surface area contributed by atoms with E-state index < -0.39 is 11.5 Å². The Balaban J connectivity index is 2.00. The lowest BCUT2D eigenvalue weighted by Gasteiger charge is -2.20. The van der Waals surface area contributed by atoms with Crippen molar-refractivity contribution in [2.45, 2.75) is 26.0 Å². The Bertz CT molecular complexity index is 451. The van der Waals surface area contributed by atoms with Crippen molar-refractivity contribution in [1.29, 1.82) is 0 Å². The Morgan fingerprint density at radius 1 is 1.33 bits per heavy atom. The minimum Gasteiger partial charge on any atom is -0.486 e. The molecule has 98 valence electrons. The van der Waals surface area contributed by atoms with E-state index in [-0.39, 0.29) is 0 Å². The molecule has 5 heteroatoms. The first-order valence-electron chi connectivity index (χ1n) is 5.86. The number of hydrogen-bond donors (Lipinski definition) is 2. The van der Waals surface area contributed by atoms with E-state index in [1.54, 1.807) is 0 Å². The van der Waals surface area contributed by atoms with E-state index in [0.717, 1.165) is 11.3 Å². The highest BCUT2D eigenvalue weighted by atomic mass is 16.6. The summed E-state index contributed by atoms with van der Waals surface area (Å²) >= 11 is 0. The molecule has 1 aromatic carbocycles. The molecule has 18 heavy (non-hydrogen) atoms. The summed E-state index contributed by atoms with van der Waals surface area (Å²) in [6, 6.07) is 5.51. The fourth-order valence-electron chi connectivity index (χ4n) is 1.60. The summed E-state index contributed by atoms with van der Waals surface area (Å²) in [7, 11) is 0. The number of rotatable bonds is 3. The van der Waals surface area contributed by atoms with Gasteiger partial charge in [0, 0.05) is 6.54 Å². The van der Waals surface area contributed by atoms with Gasteiger partial charge in [0.15, 0.2) is 11.5 Å². The Labute approximate surface area is 106 Å². The normalized spacial score (nSPS) is 14.2. The van der Waals surface area contributed by atoms with Crippen LogP contribution in [0, 0.1) is 0 Å². The SMILES string of the molecule is CC(C)(O)C(=O)NCc1ccc2c(c1)OCCO2. The van der Waals surface area contributed by atoms with Gasteiger partial charge in [-0.3, -0.25) is 4.79 Å². The minimum absolute atomic E-state index is 0.347. The van der Waals surface area contributed by atoms with Gasteiger partial charge < -0.3 is 19.9 Å². The van der Waals surface area contributed by atoms with Gasteiger partial charge in [0.1, 0.15) is 18.8 Å². The molecule has 1 amide bonds. The second-order valence-corrected chi connectivity index (χ2v) is 4.72. The molecule has 1 heterocycles. The van der Waals surface area contributed by atoms with E-state index in [4.69, 9.17) is 9.47 Å². The summed E-state index contributed by atoms with van der Waals surface area (Å²) in [5, 5.41) is 12.2. The third kappa shape index (κ3) is 2.92. The number of benzene rings is 1. The van der Waals surface area contributed by atoms with Crippen LogP contribution in [0.25, 0.3) is 0 Å². The smallest absolute Gasteiger partial charge is 0.251 e. The van der Waals surface area contributed by atoms with Crippen LogP contribution in [-0.2, 0) is 11.3 Å². The van der Waals surface area contributed by atoms with Crippen LogP contribution < -0.4 is 14.8 Å². The average Bonchev–Trinajstić information content (AvgIpc) is 2.34. The molecule has 1 aliphatic rings. The number of ether oxygens (including phenoxy) is 2. The lowest BCUT2D eigenvalue weighted by atomic mass is 10.1. The molecule has 0 aliphatic carbocycles. The maximum Gasteiger partial charge on any atom is 0.251 e. The van der Waals surface area contributed by atoms with Crippen LogP contribution in [0.4, 0.5) is 0 Å². The number of aliphatic hydroxyl groups is 1. The molecule has 2 N–H and O–H groups in total. The van der Waals surface area contributed by atoms with E-state index in [2.05, 4.69) is 5.32 Å². The van der Waals surface area contributed by atoms with Crippen molar-refractivity contribution in [2.75, 3.05) is 13.2 Å². The Morgan fingerprint density at radius 2 is 2.00 bits per heavy atom. The van der Waals surface area contributed by atoms with Crippen molar-refractivity contribution in [3.63, 3.8) is 0 Å². The van der Waals surface area contributed by atoms with Crippen molar-refractivity contribution in [1.82, 2.24) is 5.32 Å². The first-order chi connectivity index (χ1) is 8.47. The molecule has 2 rings (SSSR count). The Morgan fingerprint density at radius 3 is 2.67 bits per heavy atom. The molecule has 5 nitrogen and oxygen atoms in total.